The van der Waals surface area contributed by atoms with Crippen molar-refractivity contribution < 1.29 is 10.1 Å². The zero-order chi connectivity index (χ0) is 15.1. The highest BCUT2D eigenvalue weighted by Crippen LogP contribution is 2.36. The fraction of sp³-hybridized carbons (Fsp3) is 1.00. The van der Waals surface area contributed by atoms with Crippen molar-refractivity contribution in [3.8, 4) is 0 Å². The van der Waals surface area contributed by atoms with Crippen LogP contribution in [-0.2, 0) is 4.89 Å². The lowest BCUT2D eigenvalue weighted by Gasteiger charge is -2.30. The standard InChI is InChI=1S/C18H38O2/c1-4-18(5-2,6-3)16-14-12-10-8-7-9-11-13-15-17-20-19/h19H,4-17H2,1-3H3. The molecule has 0 saturated heterocycles. The molecule has 20 heavy (non-hydrogen) atoms. The second-order valence-electron chi connectivity index (χ2n) is 6.33. The summed E-state index contributed by atoms with van der Waals surface area (Å²) in [6.45, 7) is 7.56. The Morgan fingerprint density at radius 3 is 1.45 bits per heavy atom. The maximum absolute atomic E-state index is 8.20. The minimum Gasteiger partial charge on any atom is -0.252 e. The minimum atomic E-state index is 0.494. The van der Waals surface area contributed by atoms with Gasteiger partial charge < -0.3 is 0 Å². The van der Waals surface area contributed by atoms with Gasteiger partial charge in [-0.25, -0.2) is 4.89 Å². The highest BCUT2D eigenvalue weighted by molar-refractivity contribution is 4.74. The van der Waals surface area contributed by atoms with Gasteiger partial charge in [-0.3, -0.25) is 5.26 Å². The Morgan fingerprint density at radius 2 is 1.05 bits per heavy atom. The van der Waals surface area contributed by atoms with E-state index in [2.05, 4.69) is 25.7 Å². The molecule has 0 radical (unpaired) electrons. The van der Waals surface area contributed by atoms with Crippen LogP contribution >= 0.6 is 0 Å². The molecule has 0 aliphatic heterocycles. The molecule has 122 valence electrons. The normalized spacial score (nSPS) is 12.0. The van der Waals surface area contributed by atoms with Crippen molar-refractivity contribution in [3.63, 3.8) is 0 Å². The average molecular weight is 286 g/mol. The Hall–Kier alpha value is -0.0800. The van der Waals surface area contributed by atoms with Crippen LogP contribution in [-0.4, -0.2) is 11.9 Å². The molecule has 0 aromatic heterocycles. The predicted molar refractivity (Wildman–Crippen MR) is 88.1 cm³/mol. The molecule has 0 heterocycles. The zero-order valence-corrected chi connectivity index (χ0v) is 14.3. The highest BCUT2D eigenvalue weighted by Gasteiger charge is 2.22. The summed E-state index contributed by atoms with van der Waals surface area (Å²) in [5.41, 5.74) is 0.634. The maximum Gasteiger partial charge on any atom is 0.0819 e. The third-order valence-electron chi connectivity index (χ3n) is 5.19. The van der Waals surface area contributed by atoms with Gasteiger partial charge in [0, 0.05) is 0 Å². The van der Waals surface area contributed by atoms with Gasteiger partial charge in [-0.1, -0.05) is 91.4 Å². The molecular weight excluding hydrogens is 248 g/mol. The lowest BCUT2D eigenvalue weighted by molar-refractivity contribution is -0.242. The Morgan fingerprint density at radius 1 is 0.650 bits per heavy atom. The summed E-state index contributed by atoms with van der Waals surface area (Å²) in [7, 11) is 0. The molecule has 0 amide bonds. The van der Waals surface area contributed by atoms with Gasteiger partial charge >= 0.3 is 0 Å². The largest absolute Gasteiger partial charge is 0.252 e. The number of hydrogen-bond donors (Lipinski definition) is 1. The van der Waals surface area contributed by atoms with Crippen LogP contribution in [0.5, 0.6) is 0 Å². The molecule has 0 aromatic carbocycles. The van der Waals surface area contributed by atoms with Gasteiger partial charge in [0.25, 0.3) is 0 Å². The van der Waals surface area contributed by atoms with E-state index in [1.807, 2.05) is 0 Å². The van der Waals surface area contributed by atoms with Crippen molar-refractivity contribution in [2.45, 2.75) is 104 Å². The molecule has 0 rings (SSSR count). The first-order valence-corrected chi connectivity index (χ1v) is 9.01. The van der Waals surface area contributed by atoms with Crippen LogP contribution in [0.1, 0.15) is 104 Å². The molecule has 0 aliphatic carbocycles. The van der Waals surface area contributed by atoms with E-state index < -0.39 is 0 Å². The summed E-state index contributed by atoms with van der Waals surface area (Å²) >= 11 is 0. The van der Waals surface area contributed by atoms with Crippen molar-refractivity contribution >= 4 is 0 Å². The predicted octanol–water partition coefficient (Wildman–Crippen LogP) is 6.59. The van der Waals surface area contributed by atoms with Crippen molar-refractivity contribution in [1.29, 1.82) is 0 Å². The quantitative estimate of drug-likeness (QED) is 0.209. The molecule has 2 heteroatoms. The molecule has 0 atom stereocenters. The molecular formula is C18H38O2. The van der Waals surface area contributed by atoms with Crippen molar-refractivity contribution in [2.75, 3.05) is 6.61 Å². The highest BCUT2D eigenvalue weighted by atomic mass is 17.1. The number of hydrogen-bond acceptors (Lipinski definition) is 2. The number of rotatable bonds is 15. The van der Waals surface area contributed by atoms with Crippen LogP contribution in [0.25, 0.3) is 0 Å². The topological polar surface area (TPSA) is 29.5 Å². The van der Waals surface area contributed by atoms with Gasteiger partial charge in [-0.15, -0.1) is 0 Å². The minimum absolute atomic E-state index is 0.494. The van der Waals surface area contributed by atoms with Crippen LogP contribution in [0.15, 0.2) is 0 Å². The molecule has 0 saturated carbocycles. The van der Waals surface area contributed by atoms with Gasteiger partial charge in [0.05, 0.1) is 6.61 Å². The van der Waals surface area contributed by atoms with Crippen molar-refractivity contribution in [2.24, 2.45) is 5.41 Å². The maximum atomic E-state index is 8.20. The second-order valence-corrected chi connectivity index (χ2v) is 6.33. The van der Waals surface area contributed by atoms with E-state index in [-0.39, 0.29) is 0 Å². The third kappa shape index (κ3) is 9.77. The Bertz CT molecular complexity index is 180. The van der Waals surface area contributed by atoms with Crippen LogP contribution in [0, 0.1) is 5.41 Å². The van der Waals surface area contributed by atoms with E-state index in [0.717, 1.165) is 6.42 Å². The van der Waals surface area contributed by atoms with Gasteiger partial charge in [0.2, 0.25) is 0 Å². The van der Waals surface area contributed by atoms with E-state index in [4.69, 9.17) is 5.26 Å². The van der Waals surface area contributed by atoms with Gasteiger partial charge in [0.15, 0.2) is 0 Å². The molecule has 0 aliphatic rings. The molecule has 0 fully saturated rings. The molecule has 1 N–H and O–H groups in total. The molecule has 0 bridgehead atoms. The summed E-state index contributed by atoms with van der Waals surface area (Å²) in [5, 5.41) is 8.20. The summed E-state index contributed by atoms with van der Waals surface area (Å²) in [4.78, 5) is 4.07. The Kier molecular flexibility index (Phi) is 13.8. The summed E-state index contributed by atoms with van der Waals surface area (Å²) in [5.74, 6) is 0. The van der Waals surface area contributed by atoms with E-state index >= 15 is 0 Å². The van der Waals surface area contributed by atoms with E-state index in [1.165, 1.54) is 77.0 Å². The van der Waals surface area contributed by atoms with E-state index in [1.54, 1.807) is 0 Å². The smallest absolute Gasteiger partial charge is 0.0819 e. The summed E-state index contributed by atoms with van der Waals surface area (Å²) in [6.07, 6.45) is 17.3. The van der Waals surface area contributed by atoms with Crippen LogP contribution in [0.4, 0.5) is 0 Å². The molecule has 0 aromatic rings. The monoisotopic (exact) mass is 286 g/mol. The third-order valence-corrected chi connectivity index (χ3v) is 5.19. The lowest BCUT2D eigenvalue weighted by Crippen LogP contribution is -2.17. The fourth-order valence-corrected chi connectivity index (χ4v) is 3.18. The first-order chi connectivity index (χ1) is 9.74. The second kappa shape index (κ2) is 13.9. The number of unbranched alkanes of at least 4 members (excludes halogenated alkanes) is 8. The Balaban J connectivity index is 3.32. The summed E-state index contributed by atoms with van der Waals surface area (Å²) < 4.78 is 0. The van der Waals surface area contributed by atoms with Gasteiger partial charge in [-0.05, 0) is 18.3 Å². The van der Waals surface area contributed by atoms with E-state index in [9.17, 15) is 0 Å². The van der Waals surface area contributed by atoms with Crippen LogP contribution in [0.3, 0.4) is 0 Å². The fourth-order valence-electron chi connectivity index (χ4n) is 3.18. The van der Waals surface area contributed by atoms with Crippen molar-refractivity contribution in [1.82, 2.24) is 0 Å². The first-order valence-electron chi connectivity index (χ1n) is 9.01. The van der Waals surface area contributed by atoms with Gasteiger partial charge in [0.1, 0.15) is 0 Å². The molecule has 0 spiro atoms. The van der Waals surface area contributed by atoms with Crippen LogP contribution < -0.4 is 0 Å². The Labute approximate surface area is 127 Å². The van der Waals surface area contributed by atoms with E-state index in [0.29, 0.717) is 12.0 Å². The molecule has 0 unspecified atom stereocenters. The average Bonchev–Trinajstić information content (AvgIpc) is 2.49. The van der Waals surface area contributed by atoms with Crippen molar-refractivity contribution in [3.05, 3.63) is 0 Å². The first kappa shape index (κ1) is 19.9. The lowest BCUT2D eigenvalue weighted by atomic mass is 9.75. The molecule has 2 nitrogen and oxygen atoms in total. The van der Waals surface area contributed by atoms with Gasteiger partial charge in [-0.2, -0.15) is 0 Å². The zero-order valence-electron chi connectivity index (χ0n) is 14.3. The van der Waals surface area contributed by atoms with Crippen LogP contribution in [0.2, 0.25) is 0 Å². The summed E-state index contributed by atoms with van der Waals surface area (Å²) in [6, 6.07) is 0. The SMILES string of the molecule is CCC(CC)(CC)CCCCCCCCCCCOO.